The molecule has 7 nitrogen and oxygen atoms in total. The van der Waals surface area contributed by atoms with E-state index in [1.807, 2.05) is 61.5 Å². The minimum atomic E-state index is -1.45. The highest BCUT2D eigenvalue weighted by Crippen LogP contribution is 2.68. The predicted molar refractivity (Wildman–Crippen MR) is 139 cm³/mol. The first kappa shape index (κ1) is 22.2. The van der Waals surface area contributed by atoms with E-state index in [2.05, 4.69) is 15.5 Å². The molecule has 3 aromatic rings. The Hall–Kier alpha value is -3.97. The third-order valence-corrected chi connectivity index (χ3v) is 8.99. The van der Waals surface area contributed by atoms with Crippen molar-refractivity contribution in [3.63, 3.8) is 0 Å². The Morgan fingerprint density at radius 1 is 0.946 bits per heavy atom. The van der Waals surface area contributed by atoms with Crippen LogP contribution in [0.15, 0.2) is 66.7 Å². The van der Waals surface area contributed by atoms with Crippen LogP contribution in [0.3, 0.4) is 0 Å². The van der Waals surface area contributed by atoms with E-state index in [-0.39, 0.29) is 23.6 Å². The molecule has 2 saturated heterocycles. The average Bonchev–Trinajstić information content (AvgIpc) is 3.63. The van der Waals surface area contributed by atoms with Gasteiger partial charge in [0.2, 0.25) is 5.91 Å². The Bertz CT molecular complexity index is 1520. The monoisotopic (exact) mass is 493 g/mol. The molecule has 0 unspecified atom stereocenters. The van der Waals surface area contributed by atoms with Crippen molar-refractivity contribution >= 4 is 29.0 Å². The summed E-state index contributed by atoms with van der Waals surface area (Å²) in [6.45, 7) is 2.58. The van der Waals surface area contributed by atoms with Gasteiger partial charge in [0.1, 0.15) is 16.7 Å². The summed E-state index contributed by atoms with van der Waals surface area (Å²) in [5, 5.41) is 6.21. The first-order valence-electron chi connectivity index (χ1n) is 12.7. The van der Waals surface area contributed by atoms with Gasteiger partial charge in [-0.15, -0.1) is 0 Å². The number of carbonyl (C=O) groups excluding carboxylic acids is 3. The minimum absolute atomic E-state index is 0.174. The number of carbonyl (C=O) groups is 3. The second kappa shape index (κ2) is 7.52. The minimum Gasteiger partial charge on any atom is -0.496 e. The molecular weight excluding hydrogens is 466 g/mol. The molecule has 4 aliphatic rings. The number of aryl methyl sites for hydroxylation is 1. The van der Waals surface area contributed by atoms with Crippen molar-refractivity contribution in [1.82, 2.24) is 4.90 Å². The van der Waals surface area contributed by atoms with Gasteiger partial charge in [-0.2, -0.15) is 0 Å². The van der Waals surface area contributed by atoms with Gasteiger partial charge in [-0.3, -0.25) is 19.3 Å². The molecule has 7 heteroatoms. The molecule has 37 heavy (non-hydrogen) atoms. The van der Waals surface area contributed by atoms with Crippen LogP contribution in [0, 0.1) is 12.8 Å². The third-order valence-electron chi connectivity index (χ3n) is 8.99. The van der Waals surface area contributed by atoms with Crippen LogP contribution in [0.4, 0.5) is 11.4 Å². The predicted octanol–water partition coefficient (Wildman–Crippen LogP) is 4.02. The number of hydrogen-bond donors (Lipinski definition) is 2. The van der Waals surface area contributed by atoms with Crippen LogP contribution >= 0.6 is 0 Å². The molecule has 0 saturated carbocycles. The zero-order chi connectivity index (χ0) is 25.5. The third kappa shape index (κ3) is 2.43. The van der Waals surface area contributed by atoms with Crippen molar-refractivity contribution < 1.29 is 19.1 Å². The van der Waals surface area contributed by atoms with Crippen molar-refractivity contribution in [3.8, 4) is 5.75 Å². The zero-order valence-electron chi connectivity index (χ0n) is 20.7. The van der Waals surface area contributed by atoms with E-state index in [4.69, 9.17) is 4.74 Å². The van der Waals surface area contributed by atoms with Crippen LogP contribution in [0.5, 0.6) is 5.75 Å². The van der Waals surface area contributed by atoms with Crippen molar-refractivity contribution in [2.45, 2.75) is 36.8 Å². The van der Waals surface area contributed by atoms with E-state index in [1.54, 1.807) is 19.2 Å². The second-order valence-corrected chi connectivity index (χ2v) is 10.4. The number of methoxy groups -OCH3 is 1. The first-order chi connectivity index (χ1) is 18.0. The topological polar surface area (TPSA) is 87.7 Å². The lowest BCUT2D eigenvalue weighted by Gasteiger charge is -2.43. The van der Waals surface area contributed by atoms with Gasteiger partial charge < -0.3 is 15.4 Å². The highest BCUT2D eigenvalue weighted by atomic mass is 16.5. The number of nitrogens with zero attached hydrogens (tertiary/aromatic N) is 1. The van der Waals surface area contributed by atoms with Gasteiger partial charge in [0.15, 0.2) is 5.78 Å². The summed E-state index contributed by atoms with van der Waals surface area (Å²) in [4.78, 5) is 45.8. The second-order valence-electron chi connectivity index (χ2n) is 10.4. The smallest absolute Gasteiger partial charge is 0.251 e. The average molecular weight is 494 g/mol. The van der Waals surface area contributed by atoms with Crippen LogP contribution in [-0.4, -0.2) is 42.2 Å². The van der Waals surface area contributed by atoms with E-state index < -0.39 is 16.9 Å². The van der Waals surface area contributed by atoms with Crippen LogP contribution in [0.25, 0.3) is 0 Å². The fourth-order valence-corrected chi connectivity index (χ4v) is 7.77. The highest BCUT2D eigenvalue weighted by molar-refractivity contribution is 6.21. The molecule has 3 aromatic carbocycles. The van der Waals surface area contributed by atoms with Gasteiger partial charge in [0.05, 0.1) is 18.6 Å². The largest absolute Gasteiger partial charge is 0.496 e. The Labute approximate surface area is 214 Å². The SMILES string of the molecule is COc1ccccc1C(=O)[C@@H]1[C@@H]2CCCN2[C@]2(C(=O)Nc3c(C)cccc32)[C@@]12C(=O)Nc1ccccc12. The van der Waals surface area contributed by atoms with E-state index in [0.29, 0.717) is 29.1 Å². The number of ketones is 1. The van der Waals surface area contributed by atoms with E-state index in [1.165, 1.54) is 0 Å². The summed E-state index contributed by atoms with van der Waals surface area (Å²) in [7, 11) is 1.54. The first-order valence-corrected chi connectivity index (χ1v) is 12.7. The Kier molecular flexibility index (Phi) is 4.52. The molecule has 2 fully saturated rings. The molecule has 4 heterocycles. The standard InChI is InChI=1S/C30H27N3O4/c1-17-9-7-12-20-25(17)32-28(36)30(20)29(19-11-4-5-13-21(19)31-27(29)35)24(22-14-8-16-33(22)30)26(34)18-10-3-6-15-23(18)37-2/h3-7,9-13,15,22,24H,8,14,16H2,1-2H3,(H,31,35)(H,32,36)/t22-,24-,29+,30+/m0/s1. The number of ether oxygens (including phenoxy) is 1. The van der Waals surface area contributed by atoms with E-state index in [0.717, 1.165) is 29.7 Å². The van der Waals surface area contributed by atoms with Gasteiger partial charge in [0, 0.05) is 23.0 Å². The summed E-state index contributed by atoms with van der Waals surface area (Å²) >= 11 is 0. The van der Waals surface area contributed by atoms with Gasteiger partial charge in [-0.05, 0) is 55.6 Å². The van der Waals surface area contributed by atoms with Gasteiger partial charge >= 0.3 is 0 Å². The maximum absolute atomic E-state index is 14.7. The molecule has 7 rings (SSSR count). The lowest BCUT2D eigenvalue weighted by Crippen LogP contribution is -2.62. The summed E-state index contributed by atoms with van der Waals surface area (Å²) in [6, 6.07) is 20.2. The van der Waals surface area contributed by atoms with Crippen LogP contribution in [0.1, 0.15) is 39.9 Å². The van der Waals surface area contributed by atoms with Crippen LogP contribution in [0.2, 0.25) is 0 Å². The number of para-hydroxylation sites is 3. The quantitative estimate of drug-likeness (QED) is 0.538. The zero-order valence-corrected chi connectivity index (χ0v) is 20.7. The van der Waals surface area contributed by atoms with Gasteiger partial charge in [-0.1, -0.05) is 48.5 Å². The van der Waals surface area contributed by atoms with Crippen LogP contribution in [-0.2, 0) is 20.5 Å². The molecule has 2 amide bonds. The molecule has 0 aliphatic carbocycles. The molecule has 4 aliphatic heterocycles. The number of anilines is 2. The number of hydrogen-bond acceptors (Lipinski definition) is 5. The lowest BCUT2D eigenvalue weighted by atomic mass is 9.57. The summed E-state index contributed by atoms with van der Waals surface area (Å²) in [5.41, 5.74) is 1.42. The molecule has 0 aromatic heterocycles. The molecule has 0 radical (unpaired) electrons. The Morgan fingerprint density at radius 2 is 1.70 bits per heavy atom. The Balaban J connectivity index is 1.60. The summed E-state index contributed by atoms with van der Waals surface area (Å²) in [6.07, 6.45) is 1.56. The van der Waals surface area contributed by atoms with Crippen LogP contribution < -0.4 is 15.4 Å². The number of fused-ring (bicyclic) bond motifs is 7. The summed E-state index contributed by atoms with van der Waals surface area (Å²) < 4.78 is 5.58. The van der Waals surface area contributed by atoms with Crippen molar-refractivity contribution in [1.29, 1.82) is 0 Å². The molecule has 2 N–H and O–H groups in total. The van der Waals surface area contributed by atoms with E-state index in [9.17, 15) is 14.4 Å². The molecular formula is C30H27N3O4. The maximum atomic E-state index is 14.7. The normalized spacial score (nSPS) is 29.2. The van der Waals surface area contributed by atoms with Gasteiger partial charge in [0.25, 0.3) is 5.91 Å². The molecule has 4 atom stereocenters. The number of rotatable bonds is 3. The summed E-state index contributed by atoms with van der Waals surface area (Å²) in [5.74, 6) is -1.04. The number of amides is 2. The van der Waals surface area contributed by atoms with Gasteiger partial charge in [-0.25, -0.2) is 0 Å². The molecule has 2 spiro atoms. The lowest BCUT2D eigenvalue weighted by molar-refractivity contribution is -0.137. The van der Waals surface area contributed by atoms with Crippen molar-refractivity contribution in [3.05, 3.63) is 89.0 Å². The van der Waals surface area contributed by atoms with Crippen molar-refractivity contribution in [2.75, 3.05) is 24.3 Å². The maximum Gasteiger partial charge on any atom is 0.251 e. The number of benzene rings is 3. The molecule has 0 bridgehead atoms. The fraction of sp³-hybridized carbons (Fsp3) is 0.300. The number of nitrogens with one attached hydrogen (secondary N) is 2. The number of Topliss-reactive ketones (excluding diaryl/α,β-unsaturated/α-hetero) is 1. The Morgan fingerprint density at radius 3 is 2.54 bits per heavy atom. The fourth-order valence-electron chi connectivity index (χ4n) is 7.77. The van der Waals surface area contributed by atoms with Crippen molar-refractivity contribution in [2.24, 2.45) is 5.92 Å². The highest BCUT2D eigenvalue weighted by Gasteiger charge is 2.81. The van der Waals surface area contributed by atoms with E-state index >= 15 is 0 Å². The molecule has 186 valence electrons.